The Morgan fingerprint density at radius 1 is 1.38 bits per heavy atom. The summed E-state index contributed by atoms with van der Waals surface area (Å²) in [5.74, 6) is 1.04. The van der Waals surface area contributed by atoms with Crippen molar-refractivity contribution in [2.45, 2.75) is 13.8 Å². The molecule has 0 aliphatic carbocycles. The van der Waals surface area contributed by atoms with Gasteiger partial charge in [0.05, 0.1) is 0 Å². The predicted molar refractivity (Wildman–Crippen MR) is 64.1 cm³/mol. The van der Waals surface area contributed by atoms with Crippen LogP contribution >= 0.6 is 0 Å². The third kappa shape index (κ3) is 1.69. The molecule has 2 rings (SSSR count). The minimum Gasteiger partial charge on any atom is -0.384 e. The second kappa shape index (κ2) is 3.81. The summed E-state index contributed by atoms with van der Waals surface area (Å²) in [6.07, 6.45) is 3.69. The first-order valence-corrected chi connectivity index (χ1v) is 5.05. The van der Waals surface area contributed by atoms with Crippen molar-refractivity contribution in [2.24, 2.45) is 5.73 Å². The Labute approximate surface area is 94.2 Å². The topological polar surface area (TPSA) is 67.7 Å². The zero-order valence-electron chi connectivity index (χ0n) is 9.36. The Hall–Kier alpha value is -2.10. The molecule has 0 atom stereocenters. The van der Waals surface area contributed by atoms with Gasteiger partial charge in [-0.25, -0.2) is 4.98 Å². The lowest BCUT2D eigenvalue weighted by molar-refractivity contribution is 0.964. The summed E-state index contributed by atoms with van der Waals surface area (Å²) < 4.78 is 2.01. The molecule has 0 fully saturated rings. The summed E-state index contributed by atoms with van der Waals surface area (Å²) in [4.78, 5) is 4.19. The first-order valence-electron chi connectivity index (χ1n) is 5.05. The Bertz CT molecular complexity index is 540. The summed E-state index contributed by atoms with van der Waals surface area (Å²) in [6.45, 7) is 3.96. The molecule has 1 aromatic carbocycles. The third-order valence-electron chi connectivity index (χ3n) is 2.59. The van der Waals surface area contributed by atoms with Crippen LogP contribution in [-0.2, 0) is 0 Å². The Kier molecular flexibility index (Phi) is 2.48. The van der Waals surface area contributed by atoms with Gasteiger partial charge in [-0.05, 0) is 37.6 Å². The van der Waals surface area contributed by atoms with Gasteiger partial charge in [-0.15, -0.1) is 0 Å². The van der Waals surface area contributed by atoms with Crippen molar-refractivity contribution in [3.8, 4) is 5.69 Å². The zero-order valence-corrected chi connectivity index (χ0v) is 9.36. The molecule has 0 amide bonds. The standard InChI is InChI=1S/C12H14N4/c1-8-7-10(12(13)14)3-4-11(8)16-6-5-15-9(16)2/h3-7H,1-2H3,(H3,13,14). The third-order valence-corrected chi connectivity index (χ3v) is 2.59. The van der Waals surface area contributed by atoms with E-state index in [2.05, 4.69) is 4.98 Å². The van der Waals surface area contributed by atoms with Crippen molar-refractivity contribution in [2.75, 3.05) is 0 Å². The minimum absolute atomic E-state index is 0.0944. The highest BCUT2D eigenvalue weighted by Gasteiger charge is 2.05. The maximum absolute atomic E-state index is 7.38. The first-order chi connectivity index (χ1) is 7.59. The number of imidazole rings is 1. The average Bonchev–Trinajstić information content (AvgIpc) is 2.64. The molecule has 0 spiro atoms. The number of amidine groups is 1. The molecule has 2 aromatic rings. The molecule has 0 bridgehead atoms. The normalized spacial score (nSPS) is 10.4. The van der Waals surface area contributed by atoms with E-state index in [-0.39, 0.29) is 5.84 Å². The number of nitrogens with zero attached hydrogens (tertiary/aromatic N) is 2. The van der Waals surface area contributed by atoms with Gasteiger partial charge in [-0.3, -0.25) is 5.41 Å². The molecule has 0 unspecified atom stereocenters. The molecule has 16 heavy (non-hydrogen) atoms. The summed E-state index contributed by atoms with van der Waals surface area (Å²) in [7, 11) is 0. The Morgan fingerprint density at radius 3 is 2.62 bits per heavy atom. The Morgan fingerprint density at radius 2 is 2.12 bits per heavy atom. The summed E-state index contributed by atoms with van der Waals surface area (Å²) in [6, 6.07) is 5.72. The van der Waals surface area contributed by atoms with Crippen molar-refractivity contribution < 1.29 is 0 Å². The number of nitrogens with two attached hydrogens (primary N) is 1. The van der Waals surface area contributed by atoms with Gasteiger partial charge < -0.3 is 10.3 Å². The number of nitrogens with one attached hydrogen (secondary N) is 1. The smallest absolute Gasteiger partial charge is 0.122 e. The Balaban J connectivity index is 2.52. The second-order valence-electron chi connectivity index (χ2n) is 3.76. The maximum atomic E-state index is 7.38. The maximum Gasteiger partial charge on any atom is 0.122 e. The number of rotatable bonds is 2. The van der Waals surface area contributed by atoms with E-state index in [1.165, 1.54) is 0 Å². The van der Waals surface area contributed by atoms with Gasteiger partial charge in [0.25, 0.3) is 0 Å². The van der Waals surface area contributed by atoms with E-state index in [0.29, 0.717) is 0 Å². The van der Waals surface area contributed by atoms with E-state index in [4.69, 9.17) is 11.1 Å². The van der Waals surface area contributed by atoms with Crippen LogP contribution in [0.5, 0.6) is 0 Å². The average molecular weight is 214 g/mol. The van der Waals surface area contributed by atoms with Gasteiger partial charge in [-0.1, -0.05) is 0 Å². The fraction of sp³-hybridized carbons (Fsp3) is 0.167. The molecular weight excluding hydrogens is 200 g/mol. The highest BCUT2D eigenvalue weighted by molar-refractivity contribution is 5.95. The monoisotopic (exact) mass is 214 g/mol. The van der Waals surface area contributed by atoms with Crippen LogP contribution in [-0.4, -0.2) is 15.4 Å². The van der Waals surface area contributed by atoms with E-state index in [0.717, 1.165) is 22.6 Å². The van der Waals surface area contributed by atoms with Crippen LogP contribution in [0.25, 0.3) is 5.69 Å². The lowest BCUT2D eigenvalue weighted by atomic mass is 10.1. The SMILES string of the molecule is Cc1cc(C(=N)N)ccc1-n1ccnc1C. The van der Waals surface area contributed by atoms with Gasteiger partial charge >= 0.3 is 0 Å². The van der Waals surface area contributed by atoms with E-state index in [1.54, 1.807) is 6.20 Å². The molecule has 4 nitrogen and oxygen atoms in total. The predicted octanol–water partition coefficient (Wildman–Crippen LogP) is 1.77. The van der Waals surface area contributed by atoms with E-state index in [1.807, 2.05) is 42.8 Å². The van der Waals surface area contributed by atoms with Crippen LogP contribution in [0.1, 0.15) is 17.0 Å². The van der Waals surface area contributed by atoms with E-state index < -0.39 is 0 Å². The molecule has 0 saturated heterocycles. The van der Waals surface area contributed by atoms with Crippen LogP contribution in [0.4, 0.5) is 0 Å². The molecule has 0 aliphatic heterocycles. The fourth-order valence-electron chi connectivity index (χ4n) is 1.73. The first kappa shape index (κ1) is 10.4. The summed E-state index contributed by atoms with van der Waals surface area (Å²) >= 11 is 0. The van der Waals surface area contributed by atoms with Gasteiger partial charge in [0.15, 0.2) is 0 Å². The molecule has 0 saturated carbocycles. The highest BCUT2D eigenvalue weighted by Crippen LogP contribution is 2.17. The number of hydrogen-bond donors (Lipinski definition) is 2. The molecular formula is C12H14N4. The number of aromatic nitrogens is 2. The van der Waals surface area contributed by atoms with Gasteiger partial charge in [-0.2, -0.15) is 0 Å². The highest BCUT2D eigenvalue weighted by atomic mass is 15.1. The van der Waals surface area contributed by atoms with Gasteiger partial charge in [0.2, 0.25) is 0 Å². The molecule has 1 heterocycles. The molecule has 4 heteroatoms. The van der Waals surface area contributed by atoms with Crippen LogP contribution in [0.3, 0.4) is 0 Å². The van der Waals surface area contributed by atoms with Crippen molar-refractivity contribution in [3.05, 3.63) is 47.5 Å². The quantitative estimate of drug-likeness (QED) is 0.591. The molecule has 1 aromatic heterocycles. The van der Waals surface area contributed by atoms with Crippen LogP contribution < -0.4 is 5.73 Å². The molecule has 0 radical (unpaired) electrons. The number of nitrogen functional groups attached to an aromatic ring is 1. The zero-order chi connectivity index (χ0) is 11.7. The van der Waals surface area contributed by atoms with Crippen LogP contribution in [0, 0.1) is 19.3 Å². The van der Waals surface area contributed by atoms with E-state index >= 15 is 0 Å². The lowest BCUT2D eigenvalue weighted by Gasteiger charge is -2.10. The number of benzene rings is 1. The van der Waals surface area contributed by atoms with Crippen LogP contribution in [0.2, 0.25) is 0 Å². The fourth-order valence-corrected chi connectivity index (χ4v) is 1.73. The second-order valence-corrected chi connectivity index (χ2v) is 3.76. The van der Waals surface area contributed by atoms with Crippen molar-refractivity contribution >= 4 is 5.84 Å². The van der Waals surface area contributed by atoms with Crippen molar-refractivity contribution in [1.29, 1.82) is 5.41 Å². The van der Waals surface area contributed by atoms with Crippen molar-refractivity contribution in [1.82, 2.24) is 9.55 Å². The largest absolute Gasteiger partial charge is 0.384 e. The molecule has 0 aliphatic rings. The molecule has 3 N–H and O–H groups in total. The number of aryl methyl sites for hydroxylation is 2. The molecule has 82 valence electrons. The van der Waals surface area contributed by atoms with Gasteiger partial charge in [0.1, 0.15) is 11.7 Å². The minimum atomic E-state index is 0.0944. The van der Waals surface area contributed by atoms with Crippen LogP contribution in [0.15, 0.2) is 30.6 Å². The summed E-state index contributed by atoms with van der Waals surface area (Å²) in [5, 5.41) is 7.38. The van der Waals surface area contributed by atoms with E-state index in [9.17, 15) is 0 Å². The van der Waals surface area contributed by atoms with Gasteiger partial charge in [0, 0.05) is 23.6 Å². The van der Waals surface area contributed by atoms with Crippen molar-refractivity contribution in [3.63, 3.8) is 0 Å². The number of hydrogen-bond acceptors (Lipinski definition) is 2. The lowest BCUT2D eigenvalue weighted by Crippen LogP contribution is -2.11. The summed E-state index contributed by atoms with van der Waals surface area (Å²) in [5.41, 5.74) is 8.34.